The molecule has 0 aliphatic heterocycles. The van der Waals surface area contributed by atoms with Gasteiger partial charge in [-0.25, -0.2) is 4.98 Å². The van der Waals surface area contributed by atoms with E-state index in [1.54, 1.807) is 17.0 Å². The molecule has 1 heterocycles. The van der Waals surface area contributed by atoms with Crippen LogP contribution >= 0.6 is 0 Å². The maximum absolute atomic E-state index is 11.5. The second-order valence-electron chi connectivity index (χ2n) is 5.34. The van der Waals surface area contributed by atoms with Gasteiger partial charge in [-0.15, -0.1) is 0 Å². The topological polar surface area (TPSA) is 102 Å². The summed E-state index contributed by atoms with van der Waals surface area (Å²) >= 11 is 0. The minimum Gasteiger partial charge on any atom is -0.434 e. The van der Waals surface area contributed by atoms with Crippen LogP contribution < -0.4 is 9.64 Å². The number of nitro groups is 1. The third-order valence-electron chi connectivity index (χ3n) is 3.41. The van der Waals surface area contributed by atoms with E-state index in [0.717, 1.165) is 11.1 Å². The van der Waals surface area contributed by atoms with E-state index in [9.17, 15) is 10.1 Å². The van der Waals surface area contributed by atoms with E-state index in [0.29, 0.717) is 12.3 Å². The third-order valence-corrected chi connectivity index (χ3v) is 3.41. The highest BCUT2D eigenvalue weighted by atomic mass is 16.6. The number of likely N-dealkylation sites (N-methyl/N-ethyl adjacent to an activating group) is 1. The van der Waals surface area contributed by atoms with Crippen molar-refractivity contribution in [1.29, 1.82) is 0 Å². The molecule has 0 amide bonds. The van der Waals surface area contributed by atoms with Crippen LogP contribution in [0, 0.1) is 24.0 Å². The van der Waals surface area contributed by atoms with Crippen molar-refractivity contribution in [3.05, 3.63) is 45.8 Å². The van der Waals surface area contributed by atoms with Gasteiger partial charge in [0.25, 0.3) is 0 Å². The van der Waals surface area contributed by atoms with Crippen molar-refractivity contribution in [2.45, 2.75) is 20.8 Å². The molecule has 0 fully saturated rings. The van der Waals surface area contributed by atoms with E-state index >= 15 is 0 Å². The molecule has 8 heteroatoms. The van der Waals surface area contributed by atoms with Gasteiger partial charge in [0.2, 0.25) is 5.82 Å². The van der Waals surface area contributed by atoms with Crippen LogP contribution in [-0.2, 0) is 0 Å². The lowest BCUT2D eigenvalue weighted by Gasteiger charge is -2.20. The Hall–Kier alpha value is -2.74. The van der Waals surface area contributed by atoms with Gasteiger partial charge in [0.15, 0.2) is 0 Å². The molecule has 0 aliphatic rings. The fourth-order valence-corrected chi connectivity index (χ4v) is 2.46. The number of rotatable bonds is 7. The van der Waals surface area contributed by atoms with Crippen LogP contribution in [-0.4, -0.2) is 39.7 Å². The van der Waals surface area contributed by atoms with Crippen LogP contribution in [0.5, 0.6) is 11.6 Å². The lowest BCUT2D eigenvalue weighted by atomic mass is 10.1. The molecule has 0 spiro atoms. The Morgan fingerprint density at radius 3 is 2.46 bits per heavy atom. The van der Waals surface area contributed by atoms with Gasteiger partial charge in [-0.3, -0.25) is 10.1 Å². The van der Waals surface area contributed by atoms with E-state index < -0.39 is 4.92 Å². The van der Waals surface area contributed by atoms with Crippen molar-refractivity contribution in [3.8, 4) is 11.6 Å². The Labute approximate surface area is 139 Å². The Morgan fingerprint density at radius 2 is 1.92 bits per heavy atom. The van der Waals surface area contributed by atoms with E-state index in [2.05, 4.69) is 9.97 Å². The van der Waals surface area contributed by atoms with Gasteiger partial charge in [0, 0.05) is 13.1 Å². The molecule has 0 bridgehead atoms. The molecule has 128 valence electrons. The zero-order valence-electron chi connectivity index (χ0n) is 13.9. The number of aliphatic hydroxyl groups excluding tert-OH is 1. The molecule has 1 aromatic carbocycles. The number of anilines is 1. The molecule has 1 aromatic heterocycles. The van der Waals surface area contributed by atoms with Crippen molar-refractivity contribution in [2.24, 2.45) is 0 Å². The van der Waals surface area contributed by atoms with E-state index in [4.69, 9.17) is 9.84 Å². The highest BCUT2D eigenvalue weighted by Gasteiger charge is 2.28. The minimum atomic E-state index is -0.562. The predicted molar refractivity (Wildman–Crippen MR) is 89.6 cm³/mol. The Kier molecular flexibility index (Phi) is 5.64. The van der Waals surface area contributed by atoms with E-state index in [-0.39, 0.29) is 30.5 Å². The molecule has 0 aliphatic carbocycles. The smallest absolute Gasteiger partial charge is 0.373 e. The second-order valence-corrected chi connectivity index (χ2v) is 5.34. The van der Waals surface area contributed by atoms with Crippen LogP contribution in [0.1, 0.15) is 18.1 Å². The highest BCUT2D eigenvalue weighted by molar-refractivity contribution is 5.63. The van der Waals surface area contributed by atoms with E-state index in [1.165, 1.54) is 6.33 Å². The molecule has 2 rings (SSSR count). The molecular formula is C16H20N4O4. The first-order valence-electron chi connectivity index (χ1n) is 7.57. The van der Waals surface area contributed by atoms with Crippen LogP contribution in [0.2, 0.25) is 0 Å². The fourth-order valence-electron chi connectivity index (χ4n) is 2.46. The molecule has 0 atom stereocenters. The van der Waals surface area contributed by atoms with Gasteiger partial charge in [-0.1, -0.05) is 6.07 Å². The molecule has 8 nitrogen and oxygen atoms in total. The summed E-state index contributed by atoms with van der Waals surface area (Å²) in [5.41, 5.74) is 1.65. The summed E-state index contributed by atoms with van der Waals surface area (Å²) in [6.45, 7) is 6.21. The number of ether oxygens (including phenoxy) is 1. The number of aliphatic hydroxyl groups is 1. The number of aromatic nitrogens is 2. The van der Waals surface area contributed by atoms with Gasteiger partial charge in [-0.2, -0.15) is 4.98 Å². The normalized spacial score (nSPS) is 10.5. The summed E-state index contributed by atoms with van der Waals surface area (Å²) in [6, 6.07) is 5.54. The van der Waals surface area contributed by atoms with Gasteiger partial charge in [0.05, 0.1) is 11.5 Å². The zero-order chi connectivity index (χ0) is 17.7. The molecule has 0 unspecified atom stereocenters. The first kappa shape index (κ1) is 17.6. The molecule has 2 aromatic rings. The highest BCUT2D eigenvalue weighted by Crippen LogP contribution is 2.36. The van der Waals surface area contributed by atoms with Crippen LogP contribution in [0.15, 0.2) is 24.5 Å². The molecule has 0 saturated heterocycles. The van der Waals surface area contributed by atoms with Gasteiger partial charge < -0.3 is 14.7 Å². The fraction of sp³-hybridized carbons (Fsp3) is 0.375. The Morgan fingerprint density at radius 1 is 1.25 bits per heavy atom. The first-order valence-corrected chi connectivity index (χ1v) is 7.57. The summed E-state index contributed by atoms with van der Waals surface area (Å²) in [6.07, 6.45) is 1.22. The van der Waals surface area contributed by atoms with Gasteiger partial charge in [0.1, 0.15) is 12.1 Å². The van der Waals surface area contributed by atoms with Crippen LogP contribution in [0.3, 0.4) is 0 Å². The third kappa shape index (κ3) is 3.96. The summed E-state index contributed by atoms with van der Waals surface area (Å²) < 4.78 is 5.66. The van der Waals surface area contributed by atoms with Crippen LogP contribution in [0.25, 0.3) is 0 Å². The van der Waals surface area contributed by atoms with Crippen molar-refractivity contribution in [2.75, 3.05) is 24.6 Å². The number of hydrogen-bond donors (Lipinski definition) is 1. The molecule has 0 saturated carbocycles. The Bertz CT molecular complexity index is 716. The average Bonchev–Trinajstić information content (AvgIpc) is 2.51. The molecule has 1 N–H and O–H groups in total. The zero-order valence-corrected chi connectivity index (χ0v) is 13.9. The first-order chi connectivity index (χ1) is 11.5. The predicted octanol–water partition coefficient (Wildman–Crippen LogP) is 2.61. The lowest BCUT2D eigenvalue weighted by molar-refractivity contribution is -0.385. The molecular weight excluding hydrogens is 312 g/mol. The van der Waals surface area contributed by atoms with Crippen molar-refractivity contribution >= 4 is 11.5 Å². The largest absolute Gasteiger partial charge is 0.434 e. The van der Waals surface area contributed by atoms with Crippen LogP contribution in [0.4, 0.5) is 11.5 Å². The van der Waals surface area contributed by atoms with Crippen molar-refractivity contribution < 1.29 is 14.8 Å². The van der Waals surface area contributed by atoms with Crippen molar-refractivity contribution in [1.82, 2.24) is 9.97 Å². The quantitative estimate of drug-likeness (QED) is 0.614. The SMILES string of the molecule is CCN(CCO)c1ncnc(Oc2cc(C)cc(C)c2)c1[N+](=O)[O-]. The number of nitrogens with zero attached hydrogens (tertiary/aromatic N) is 4. The molecule has 0 radical (unpaired) electrons. The number of hydrogen-bond acceptors (Lipinski definition) is 7. The summed E-state index contributed by atoms with van der Waals surface area (Å²) in [5, 5.41) is 20.7. The van der Waals surface area contributed by atoms with E-state index in [1.807, 2.05) is 26.8 Å². The second kappa shape index (κ2) is 7.69. The standard InChI is InChI=1S/C16H20N4O4/c1-4-19(5-6-21)15-14(20(22)23)16(18-10-17-15)24-13-8-11(2)7-12(3)9-13/h7-10,21H,4-6H2,1-3H3. The van der Waals surface area contributed by atoms with Crippen molar-refractivity contribution in [3.63, 3.8) is 0 Å². The maximum Gasteiger partial charge on any atom is 0.373 e. The number of benzene rings is 1. The average molecular weight is 332 g/mol. The van der Waals surface area contributed by atoms with Gasteiger partial charge in [-0.05, 0) is 44.0 Å². The molecule has 24 heavy (non-hydrogen) atoms. The number of aryl methyl sites for hydroxylation is 2. The van der Waals surface area contributed by atoms with Gasteiger partial charge >= 0.3 is 11.6 Å². The maximum atomic E-state index is 11.5. The lowest BCUT2D eigenvalue weighted by Crippen LogP contribution is -2.28. The minimum absolute atomic E-state index is 0.119. The summed E-state index contributed by atoms with van der Waals surface area (Å²) in [5.74, 6) is 0.489. The Balaban J connectivity index is 2.48. The monoisotopic (exact) mass is 332 g/mol. The summed E-state index contributed by atoms with van der Waals surface area (Å²) in [7, 11) is 0. The summed E-state index contributed by atoms with van der Waals surface area (Å²) in [4.78, 5) is 20.5.